The highest BCUT2D eigenvalue weighted by molar-refractivity contribution is 4.61. The summed E-state index contributed by atoms with van der Waals surface area (Å²) in [7, 11) is 0. The quantitative estimate of drug-likeness (QED) is 0.360. The zero-order valence-electron chi connectivity index (χ0n) is 14.0. The Kier molecular flexibility index (Phi) is 10.9. The first-order valence-electron chi connectivity index (χ1n) is 8.41. The van der Waals surface area contributed by atoms with Crippen LogP contribution in [0.2, 0.25) is 0 Å². The highest BCUT2D eigenvalue weighted by Gasteiger charge is 2.09. The van der Waals surface area contributed by atoms with Gasteiger partial charge >= 0.3 is 0 Å². The van der Waals surface area contributed by atoms with Crippen LogP contribution >= 0.6 is 0 Å². The summed E-state index contributed by atoms with van der Waals surface area (Å²) in [6, 6.07) is 0. The lowest BCUT2D eigenvalue weighted by Crippen LogP contribution is -2.04. The summed E-state index contributed by atoms with van der Waals surface area (Å²) in [5.74, 6) is 3.64. The van der Waals surface area contributed by atoms with Crippen molar-refractivity contribution in [1.29, 1.82) is 0 Å². The second-order valence-corrected chi connectivity index (χ2v) is 7.45. The molecular weight excluding hydrogens is 216 g/mol. The Bertz CT molecular complexity index is 169. The van der Waals surface area contributed by atoms with E-state index in [-0.39, 0.29) is 0 Å². The van der Waals surface area contributed by atoms with E-state index in [0.29, 0.717) is 0 Å². The molecule has 0 spiro atoms. The van der Waals surface area contributed by atoms with Crippen molar-refractivity contribution >= 4 is 0 Å². The number of rotatable bonds is 11. The van der Waals surface area contributed by atoms with E-state index in [1.807, 2.05) is 0 Å². The lowest BCUT2D eigenvalue weighted by atomic mass is 9.89. The summed E-state index contributed by atoms with van der Waals surface area (Å²) in [4.78, 5) is 0. The summed E-state index contributed by atoms with van der Waals surface area (Å²) in [6.07, 6.45) is 11.5. The third kappa shape index (κ3) is 12.5. The van der Waals surface area contributed by atoms with E-state index in [1.165, 1.54) is 51.4 Å². The fourth-order valence-electron chi connectivity index (χ4n) is 2.84. The smallest absolute Gasteiger partial charge is 0.0440 e. The third-order valence-corrected chi connectivity index (χ3v) is 4.01. The SMILES string of the molecule is CC(C)CCCCC(C)CC(C)CCCC(C)C. The van der Waals surface area contributed by atoms with E-state index in [4.69, 9.17) is 0 Å². The van der Waals surface area contributed by atoms with E-state index < -0.39 is 0 Å². The average Bonchev–Trinajstić information content (AvgIpc) is 2.23. The van der Waals surface area contributed by atoms with E-state index in [2.05, 4.69) is 41.5 Å². The van der Waals surface area contributed by atoms with Crippen molar-refractivity contribution in [3.8, 4) is 0 Å². The van der Waals surface area contributed by atoms with Gasteiger partial charge in [-0.3, -0.25) is 0 Å². The standard InChI is InChI=1S/C18H38/c1-15(2)10-7-8-12-17(5)14-18(6)13-9-11-16(3)4/h15-18H,7-14H2,1-6H3. The summed E-state index contributed by atoms with van der Waals surface area (Å²) in [5, 5.41) is 0. The molecule has 0 bridgehead atoms. The molecule has 18 heavy (non-hydrogen) atoms. The molecule has 0 aromatic heterocycles. The lowest BCUT2D eigenvalue weighted by molar-refractivity contribution is 0.349. The summed E-state index contributed by atoms with van der Waals surface area (Å²) < 4.78 is 0. The van der Waals surface area contributed by atoms with Crippen LogP contribution in [0.3, 0.4) is 0 Å². The Morgan fingerprint density at radius 1 is 0.500 bits per heavy atom. The van der Waals surface area contributed by atoms with Crippen LogP contribution in [0.5, 0.6) is 0 Å². The summed E-state index contributed by atoms with van der Waals surface area (Å²) in [5.41, 5.74) is 0. The van der Waals surface area contributed by atoms with Crippen molar-refractivity contribution in [3.05, 3.63) is 0 Å². The van der Waals surface area contributed by atoms with Crippen molar-refractivity contribution in [2.45, 2.75) is 92.9 Å². The van der Waals surface area contributed by atoms with Crippen LogP contribution < -0.4 is 0 Å². The molecule has 2 atom stereocenters. The zero-order chi connectivity index (χ0) is 14.0. The Labute approximate surface area is 117 Å². The van der Waals surface area contributed by atoms with E-state index in [0.717, 1.165) is 23.7 Å². The minimum atomic E-state index is 0.880. The van der Waals surface area contributed by atoms with Crippen molar-refractivity contribution < 1.29 is 0 Å². The Morgan fingerprint density at radius 3 is 1.39 bits per heavy atom. The molecule has 0 aromatic rings. The highest BCUT2D eigenvalue weighted by Crippen LogP contribution is 2.23. The second kappa shape index (κ2) is 10.9. The Morgan fingerprint density at radius 2 is 0.889 bits per heavy atom. The molecule has 0 nitrogen and oxygen atoms in total. The molecule has 0 rings (SSSR count). The minimum absolute atomic E-state index is 0.880. The Hall–Kier alpha value is 0. The molecule has 0 N–H and O–H groups in total. The van der Waals surface area contributed by atoms with Gasteiger partial charge in [-0.15, -0.1) is 0 Å². The molecule has 0 radical (unpaired) electrons. The van der Waals surface area contributed by atoms with Gasteiger partial charge in [-0.1, -0.05) is 86.5 Å². The number of hydrogen-bond acceptors (Lipinski definition) is 0. The first kappa shape index (κ1) is 18.0. The summed E-state index contributed by atoms with van der Waals surface area (Å²) >= 11 is 0. The van der Waals surface area contributed by atoms with Gasteiger partial charge in [-0.05, 0) is 30.1 Å². The maximum atomic E-state index is 2.45. The molecule has 0 aliphatic carbocycles. The zero-order valence-corrected chi connectivity index (χ0v) is 14.0. The number of hydrogen-bond donors (Lipinski definition) is 0. The van der Waals surface area contributed by atoms with Crippen LogP contribution in [0.25, 0.3) is 0 Å². The van der Waals surface area contributed by atoms with E-state index in [1.54, 1.807) is 0 Å². The van der Waals surface area contributed by atoms with Crippen molar-refractivity contribution in [2.24, 2.45) is 23.7 Å². The van der Waals surface area contributed by atoms with Gasteiger partial charge in [-0.2, -0.15) is 0 Å². The Balaban J connectivity index is 3.46. The first-order chi connectivity index (χ1) is 8.41. The van der Waals surface area contributed by atoms with Gasteiger partial charge in [0, 0.05) is 0 Å². The third-order valence-electron chi connectivity index (χ3n) is 4.01. The van der Waals surface area contributed by atoms with Crippen LogP contribution in [0, 0.1) is 23.7 Å². The van der Waals surface area contributed by atoms with Gasteiger partial charge in [0.2, 0.25) is 0 Å². The van der Waals surface area contributed by atoms with Gasteiger partial charge in [0.05, 0.1) is 0 Å². The van der Waals surface area contributed by atoms with Crippen molar-refractivity contribution in [3.63, 3.8) is 0 Å². The highest BCUT2D eigenvalue weighted by atomic mass is 14.1. The molecule has 0 fully saturated rings. The van der Waals surface area contributed by atoms with Gasteiger partial charge in [0.25, 0.3) is 0 Å². The fourth-order valence-corrected chi connectivity index (χ4v) is 2.84. The fraction of sp³-hybridized carbons (Fsp3) is 1.00. The minimum Gasteiger partial charge on any atom is -0.0628 e. The van der Waals surface area contributed by atoms with Crippen LogP contribution in [0.1, 0.15) is 92.9 Å². The maximum Gasteiger partial charge on any atom is -0.0440 e. The average molecular weight is 255 g/mol. The first-order valence-corrected chi connectivity index (χ1v) is 8.41. The molecule has 0 aromatic carbocycles. The van der Waals surface area contributed by atoms with E-state index >= 15 is 0 Å². The van der Waals surface area contributed by atoms with Crippen LogP contribution in [0.15, 0.2) is 0 Å². The molecule has 2 unspecified atom stereocenters. The van der Waals surface area contributed by atoms with Gasteiger partial charge in [0.15, 0.2) is 0 Å². The molecule has 0 saturated heterocycles. The molecule has 0 saturated carbocycles. The number of unbranched alkanes of at least 4 members (excludes halogenated alkanes) is 1. The van der Waals surface area contributed by atoms with Crippen LogP contribution in [-0.2, 0) is 0 Å². The van der Waals surface area contributed by atoms with Crippen LogP contribution in [-0.4, -0.2) is 0 Å². The predicted octanol–water partition coefficient (Wildman–Crippen LogP) is 6.69. The van der Waals surface area contributed by atoms with Crippen molar-refractivity contribution in [1.82, 2.24) is 0 Å². The molecule has 0 heteroatoms. The van der Waals surface area contributed by atoms with Crippen LogP contribution in [0.4, 0.5) is 0 Å². The lowest BCUT2D eigenvalue weighted by Gasteiger charge is -2.18. The normalized spacial score (nSPS) is 15.3. The van der Waals surface area contributed by atoms with Crippen molar-refractivity contribution in [2.75, 3.05) is 0 Å². The molecule has 0 aliphatic heterocycles. The maximum absolute atomic E-state index is 2.45. The van der Waals surface area contributed by atoms with E-state index in [9.17, 15) is 0 Å². The predicted molar refractivity (Wildman–Crippen MR) is 84.9 cm³/mol. The molecule has 0 aliphatic rings. The molecule has 110 valence electrons. The molecule has 0 amide bonds. The summed E-state index contributed by atoms with van der Waals surface area (Å²) in [6.45, 7) is 14.2. The largest absolute Gasteiger partial charge is 0.0628 e. The second-order valence-electron chi connectivity index (χ2n) is 7.45. The van der Waals surface area contributed by atoms with Gasteiger partial charge in [-0.25, -0.2) is 0 Å². The topological polar surface area (TPSA) is 0 Å². The van der Waals surface area contributed by atoms with Gasteiger partial charge in [0.1, 0.15) is 0 Å². The van der Waals surface area contributed by atoms with Gasteiger partial charge < -0.3 is 0 Å². The monoisotopic (exact) mass is 254 g/mol. The molecular formula is C18H38. The molecule has 0 heterocycles.